The van der Waals surface area contributed by atoms with E-state index in [0.717, 1.165) is 5.56 Å². The highest BCUT2D eigenvalue weighted by molar-refractivity contribution is 5.79. The minimum atomic E-state index is -4.33. The number of aliphatic imine (C=N–C) groups is 1. The molecule has 0 spiro atoms. The fourth-order valence-electron chi connectivity index (χ4n) is 1.55. The van der Waals surface area contributed by atoms with Gasteiger partial charge < -0.3 is 20.1 Å². The van der Waals surface area contributed by atoms with E-state index in [1.165, 1.54) is 12.1 Å². The quantitative estimate of drug-likeness (QED) is 0.458. The highest BCUT2D eigenvalue weighted by atomic mass is 19.4. The van der Waals surface area contributed by atoms with Crippen molar-refractivity contribution in [3.63, 3.8) is 0 Å². The van der Waals surface area contributed by atoms with Crippen LogP contribution in [0.1, 0.15) is 5.56 Å². The highest BCUT2D eigenvalue weighted by Gasteiger charge is 2.28. The molecule has 8 heteroatoms. The maximum atomic E-state index is 12.0. The molecule has 0 heterocycles. The number of hydrogen-bond acceptors (Lipinski definition) is 3. The molecule has 0 amide bonds. The third kappa shape index (κ3) is 7.72. The Bertz CT molecular complexity index is 461. The number of benzene rings is 1. The first-order valence-corrected chi connectivity index (χ1v) is 6.66. The summed E-state index contributed by atoms with van der Waals surface area (Å²) >= 11 is 0. The van der Waals surface area contributed by atoms with Gasteiger partial charge in [0.25, 0.3) is 0 Å². The molecule has 2 N–H and O–H groups in total. The Morgan fingerprint density at radius 2 is 1.86 bits per heavy atom. The van der Waals surface area contributed by atoms with E-state index in [-0.39, 0.29) is 5.75 Å². The van der Waals surface area contributed by atoms with Crippen LogP contribution < -0.4 is 15.4 Å². The molecule has 1 rings (SSSR count). The van der Waals surface area contributed by atoms with Crippen LogP contribution in [-0.2, 0) is 11.3 Å². The van der Waals surface area contributed by atoms with E-state index in [2.05, 4.69) is 20.4 Å². The second-order valence-corrected chi connectivity index (χ2v) is 4.39. The number of hydrogen-bond donors (Lipinski definition) is 2. The zero-order valence-corrected chi connectivity index (χ0v) is 12.5. The maximum Gasteiger partial charge on any atom is 0.422 e. The first-order chi connectivity index (χ1) is 10.4. The molecule has 0 saturated heterocycles. The van der Waals surface area contributed by atoms with Crippen molar-refractivity contribution in [1.29, 1.82) is 0 Å². The lowest BCUT2D eigenvalue weighted by Crippen LogP contribution is -2.38. The largest absolute Gasteiger partial charge is 0.484 e. The Labute approximate surface area is 127 Å². The van der Waals surface area contributed by atoms with Gasteiger partial charge in [0.05, 0.1) is 6.61 Å². The first-order valence-electron chi connectivity index (χ1n) is 6.66. The third-order valence-corrected chi connectivity index (χ3v) is 2.61. The monoisotopic (exact) mass is 319 g/mol. The lowest BCUT2D eigenvalue weighted by Gasteiger charge is -2.12. The molecule has 0 fully saturated rings. The van der Waals surface area contributed by atoms with E-state index < -0.39 is 12.8 Å². The molecular weight excluding hydrogens is 299 g/mol. The van der Waals surface area contributed by atoms with Crippen LogP contribution in [0.15, 0.2) is 29.3 Å². The van der Waals surface area contributed by atoms with Gasteiger partial charge in [0.15, 0.2) is 12.6 Å². The smallest absolute Gasteiger partial charge is 0.422 e. The number of nitrogens with one attached hydrogen (secondary N) is 2. The molecule has 0 unspecified atom stereocenters. The van der Waals surface area contributed by atoms with Gasteiger partial charge in [-0.15, -0.1) is 0 Å². The number of alkyl halides is 3. The van der Waals surface area contributed by atoms with Crippen molar-refractivity contribution >= 4 is 5.96 Å². The average Bonchev–Trinajstić information content (AvgIpc) is 2.49. The van der Waals surface area contributed by atoms with E-state index in [1.54, 1.807) is 26.3 Å². The summed E-state index contributed by atoms with van der Waals surface area (Å²) in [7, 11) is 3.26. The van der Waals surface area contributed by atoms with Crippen molar-refractivity contribution < 1.29 is 22.6 Å². The predicted octanol–water partition coefficient (Wildman–Crippen LogP) is 1.94. The van der Waals surface area contributed by atoms with Crippen molar-refractivity contribution in [1.82, 2.24) is 10.6 Å². The van der Waals surface area contributed by atoms with Crippen LogP contribution >= 0.6 is 0 Å². The van der Waals surface area contributed by atoms with Crippen LogP contribution in [0.4, 0.5) is 13.2 Å². The van der Waals surface area contributed by atoms with Gasteiger partial charge >= 0.3 is 6.18 Å². The summed E-state index contributed by atoms with van der Waals surface area (Å²) in [5, 5.41) is 6.14. The van der Waals surface area contributed by atoms with Crippen LogP contribution in [-0.4, -0.2) is 46.1 Å². The fraction of sp³-hybridized carbons (Fsp3) is 0.500. The molecule has 0 radical (unpaired) electrons. The number of nitrogens with zero attached hydrogens (tertiary/aromatic N) is 1. The molecule has 124 valence electrons. The topological polar surface area (TPSA) is 54.9 Å². The molecule has 1 aromatic carbocycles. The van der Waals surface area contributed by atoms with Gasteiger partial charge in [-0.3, -0.25) is 4.99 Å². The summed E-state index contributed by atoms with van der Waals surface area (Å²) in [6.07, 6.45) is -4.33. The number of guanidine groups is 1. The van der Waals surface area contributed by atoms with Gasteiger partial charge in [-0.2, -0.15) is 13.2 Å². The van der Waals surface area contributed by atoms with E-state index in [9.17, 15) is 13.2 Å². The molecule has 0 aliphatic carbocycles. The van der Waals surface area contributed by atoms with Gasteiger partial charge in [-0.05, 0) is 17.7 Å². The first kappa shape index (κ1) is 18.1. The molecule has 0 aliphatic heterocycles. The second-order valence-electron chi connectivity index (χ2n) is 4.39. The van der Waals surface area contributed by atoms with Gasteiger partial charge in [0.1, 0.15) is 5.75 Å². The van der Waals surface area contributed by atoms with Crippen LogP contribution in [0.5, 0.6) is 5.75 Å². The number of rotatable bonds is 7. The van der Waals surface area contributed by atoms with Crippen molar-refractivity contribution in [3.05, 3.63) is 29.8 Å². The summed E-state index contributed by atoms with van der Waals surface area (Å²) in [6, 6.07) is 6.40. The van der Waals surface area contributed by atoms with E-state index in [4.69, 9.17) is 4.74 Å². The van der Waals surface area contributed by atoms with E-state index in [1.807, 2.05) is 0 Å². The fourth-order valence-corrected chi connectivity index (χ4v) is 1.55. The zero-order chi connectivity index (χ0) is 16.4. The molecule has 0 bridgehead atoms. The second kappa shape index (κ2) is 9.14. The van der Waals surface area contributed by atoms with Gasteiger partial charge in [0, 0.05) is 27.2 Å². The Morgan fingerprint density at radius 3 is 2.41 bits per heavy atom. The number of halogens is 3. The minimum absolute atomic E-state index is 0.184. The van der Waals surface area contributed by atoms with Crippen LogP contribution in [0, 0.1) is 0 Å². The summed E-state index contributed by atoms with van der Waals surface area (Å²) < 4.78 is 45.7. The Balaban J connectivity index is 2.40. The summed E-state index contributed by atoms with van der Waals surface area (Å²) in [5.74, 6) is 0.804. The normalized spacial score (nSPS) is 12.1. The Morgan fingerprint density at radius 1 is 1.18 bits per heavy atom. The molecule has 0 aliphatic rings. The predicted molar refractivity (Wildman–Crippen MR) is 78.1 cm³/mol. The SMILES string of the molecule is CN=C(NCCOC)NCc1ccc(OCC(F)(F)F)cc1. The molecule has 5 nitrogen and oxygen atoms in total. The van der Waals surface area contributed by atoms with Crippen molar-refractivity contribution in [3.8, 4) is 5.75 Å². The van der Waals surface area contributed by atoms with Crippen molar-refractivity contribution in [2.45, 2.75) is 12.7 Å². The van der Waals surface area contributed by atoms with Crippen LogP contribution in [0.25, 0.3) is 0 Å². The number of ether oxygens (including phenoxy) is 2. The van der Waals surface area contributed by atoms with Gasteiger partial charge in [0.2, 0.25) is 0 Å². The molecule has 22 heavy (non-hydrogen) atoms. The standard InChI is InChI=1S/C14H20F3N3O2/c1-18-13(19-7-8-21-2)20-9-11-3-5-12(6-4-11)22-10-14(15,16)17/h3-6H,7-10H2,1-2H3,(H2,18,19,20). The molecule has 0 saturated carbocycles. The van der Waals surface area contributed by atoms with Crippen LogP contribution in [0.2, 0.25) is 0 Å². The van der Waals surface area contributed by atoms with Gasteiger partial charge in [-0.1, -0.05) is 12.1 Å². The lowest BCUT2D eigenvalue weighted by molar-refractivity contribution is -0.153. The Hall–Kier alpha value is -1.96. The molecule has 0 aromatic heterocycles. The zero-order valence-electron chi connectivity index (χ0n) is 12.5. The summed E-state index contributed by atoms with van der Waals surface area (Å²) in [6.45, 7) is 0.388. The average molecular weight is 319 g/mol. The van der Waals surface area contributed by atoms with E-state index >= 15 is 0 Å². The molecular formula is C14H20F3N3O2. The highest BCUT2D eigenvalue weighted by Crippen LogP contribution is 2.18. The van der Waals surface area contributed by atoms with E-state index in [0.29, 0.717) is 25.7 Å². The Kier molecular flexibility index (Phi) is 7.51. The minimum Gasteiger partial charge on any atom is -0.484 e. The number of methoxy groups -OCH3 is 1. The van der Waals surface area contributed by atoms with Crippen LogP contribution in [0.3, 0.4) is 0 Å². The molecule has 0 atom stereocenters. The summed E-state index contributed by atoms with van der Waals surface area (Å²) in [5.41, 5.74) is 0.897. The molecule has 1 aromatic rings. The third-order valence-electron chi connectivity index (χ3n) is 2.61. The van der Waals surface area contributed by atoms with Crippen molar-refractivity contribution in [2.75, 3.05) is 33.9 Å². The lowest BCUT2D eigenvalue weighted by atomic mass is 10.2. The van der Waals surface area contributed by atoms with Crippen molar-refractivity contribution in [2.24, 2.45) is 4.99 Å². The maximum absolute atomic E-state index is 12.0. The summed E-state index contributed by atoms with van der Waals surface area (Å²) in [4.78, 5) is 4.04. The van der Waals surface area contributed by atoms with Gasteiger partial charge in [-0.25, -0.2) is 0 Å².